The molecule has 1 aliphatic rings. The van der Waals surface area contributed by atoms with Crippen LogP contribution in [-0.4, -0.2) is 53.3 Å². The monoisotopic (exact) mass is 439 g/mol. The van der Waals surface area contributed by atoms with Gasteiger partial charge in [0.2, 0.25) is 5.91 Å². The van der Waals surface area contributed by atoms with Gasteiger partial charge in [-0.1, -0.05) is 34.1 Å². The summed E-state index contributed by atoms with van der Waals surface area (Å²) in [6.45, 7) is 12.8. The molecule has 0 radical (unpaired) electrons. The molecule has 9 heteroatoms. The largest absolute Gasteiger partial charge is 0.366 e. The number of nitrogens with one attached hydrogen (secondary N) is 1. The van der Waals surface area contributed by atoms with Gasteiger partial charge in [0.15, 0.2) is 0 Å². The lowest BCUT2D eigenvalue weighted by Crippen LogP contribution is -2.34. The summed E-state index contributed by atoms with van der Waals surface area (Å²) in [5, 5.41) is 4.75. The van der Waals surface area contributed by atoms with Crippen LogP contribution >= 0.6 is 12.6 Å². The minimum absolute atomic E-state index is 0.171. The van der Waals surface area contributed by atoms with E-state index in [-0.39, 0.29) is 5.91 Å². The zero-order valence-electron chi connectivity index (χ0n) is 19.0. The van der Waals surface area contributed by atoms with Gasteiger partial charge in [0.25, 0.3) is 0 Å². The number of rotatable bonds is 10. The fraction of sp³-hybridized carbons (Fsp3) is 0.762. The van der Waals surface area contributed by atoms with Gasteiger partial charge in [-0.15, -0.1) is 0 Å². The van der Waals surface area contributed by atoms with E-state index in [1.165, 1.54) is 5.69 Å². The van der Waals surface area contributed by atoms with Crippen LogP contribution in [0.5, 0.6) is 0 Å². The van der Waals surface area contributed by atoms with Gasteiger partial charge in [-0.25, -0.2) is 5.84 Å². The number of thiol groups is 1. The first-order chi connectivity index (χ1) is 14.3. The van der Waals surface area contributed by atoms with Crippen LogP contribution in [0.25, 0.3) is 0 Å². The molecule has 0 spiro atoms. The van der Waals surface area contributed by atoms with Crippen molar-refractivity contribution in [3.05, 3.63) is 11.9 Å². The van der Waals surface area contributed by atoms with Crippen LogP contribution in [-0.2, 0) is 11.3 Å². The zero-order valence-corrected chi connectivity index (χ0v) is 19.9. The molecule has 1 aromatic rings. The molecule has 5 N–H and O–H groups in total. The molecule has 1 atom stereocenters. The molecule has 0 fully saturated rings. The number of unbranched alkanes of at least 4 members (excludes halogenated alkanes) is 1. The third-order valence-corrected chi connectivity index (χ3v) is 4.80. The van der Waals surface area contributed by atoms with Crippen molar-refractivity contribution in [2.45, 2.75) is 66.0 Å². The summed E-state index contributed by atoms with van der Waals surface area (Å²) in [5.41, 5.74) is 9.85. The predicted molar refractivity (Wildman–Crippen MR) is 129 cm³/mol. The molecule has 1 aromatic heterocycles. The number of aliphatic imine (C=N–C) groups is 1. The molecule has 0 saturated carbocycles. The first-order valence-corrected chi connectivity index (χ1v) is 11.6. The molecule has 2 heterocycles. The molecular weight excluding hydrogens is 398 g/mol. The molecule has 172 valence electrons. The number of aromatic nitrogens is 2. The number of amides is 1. The van der Waals surface area contributed by atoms with Crippen molar-refractivity contribution in [2.75, 3.05) is 30.3 Å². The molecule has 1 amide bonds. The molecule has 0 aliphatic carbocycles. The van der Waals surface area contributed by atoms with Gasteiger partial charge < -0.3 is 10.6 Å². The molecular formula is C21H41N7OS. The Hall–Kier alpha value is -1.58. The van der Waals surface area contributed by atoms with Crippen molar-refractivity contribution < 1.29 is 4.79 Å². The third-order valence-electron chi connectivity index (χ3n) is 4.58. The second-order valence-electron chi connectivity index (χ2n) is 8.57. The van der Waals surface area contributed by atoms with E-state index in [1.54, 1.807) is 0 Å². The fourth-order valence-corrected chi connectivity index (χ4v) is 3.49. The molecule has 0 bridgehead atoms. The highest BCUT2D eigenvalue weighted by atomic mass is 32.1. The Kier molecular flexibility index (Phi) is 12.7. The van der Waals surface area contributed by atoms with E-state index in [0.717, 1.165) is 51.1 Å². The molecule has 1 aliphatic heterocycles. The van der Waals surface area contributed by atoms with Gasteiger partial charge >= 0.3 is 0 Å². The number of carbonyl (C=O) groups is 1. The van der Waals surface area contributed by atoms with E-state index in [2.05, 4.69) is 56.1 Å². The second kappa shape index (κ2) is 14.4. The van der Waals surface area contributed by atoms with Crippen molar-refractivity contribution in [2.24, 2.45) is 28.4 Å². The number of hydrogen-bond donors (Lipinski definition) is 4. The fourth-order valence-electron chi connectivity index (χ4n) is 3.28. The molecule has 30 heavy (non-hydrogen) atoms. The van der Waals surface area contributed by atoms with Gasteiger partial charge in [-0.3, -0.25) is 19.9 Å². The predicted octanol–water partition coefficient (Wildman–Crippen LogP) is 2.23. The summed E-state index contributed by atoms with van der Waals surface area (Å²) in [6, 6.07) is 0.355. The third kappa shape index (κ3) is 9.95. The van der Waals surface area contributed by atoms with E-state index in [0.29, 0.717) is 30.1 Å². The average molecular weight is 440 g/mol. The van der Waals surface area contributed by atoms with E-state index in [4.69, 9.17) is 21.7 Å². The standard InChI is InChI=1S/C18H33N5.C3H8N2OS/c1-14(2)10-22-12-16(7-5-6-8-19)20-9-17-18(22)13-23(21-17)11-15(3)4;4-5-3(6)1-2-7/h9,13-16H,5-8,10-12,19H2,1-4H3;7H,1-2,4H2,(H,5,6)/t16-;/m0./s1. The lowest BCUT2D eigenvalue weighted by Gasteiger charge is -2.27. The lowest BCUT2D eigenvalue weighted by molar-refractivity contribution is -0.120. The van der Waals surface area contributed by atoms with Gasteiger partial charge in [-0.05, 0) is 37.0 Å². The second-order valence-corrected chi connectivity index (χ2v) is 9.02. The normalized spacial score (nSPS) is 15.6. The molecule has 8 nitrogen and oxygen atoms in total. The van der Waals surface area contributed by atoms with Gasteiger partial charge in [-0.2, -0.15) is 17.7 Å². The summed E-state index contributed by atoms with van der Waals surface area (Å²) in [4.78, 5) is 17.4. The quantitative estimate of drug-likeness (QED) is 0.147. The van der Waals surface area contributed by atoms with Crippen molar-refractivity contribution >= 4 is 30.4 Å². The minimum atomic E-state index is -0.171. The number of hydrogen-bond acceptors (Lipinski definition) is 7. The smallest absolute Gasteiger partial charge is 0.234 e. The van der Waals surface area contributed by atoms with Crippen LogP contribution in [0.15, 0.2) is 11.2 Å². The number of nitrogens with two attached hydrogens (primary N) is 2. The van der Waals surface area contributed by atoms with Crippen LogP contribution in [0.4, 0.5) is 5.69 Å². The zero-order chi connectivity index (χ0) is 22.5. The number of fused-ring (bicyclic) bond motifs is 1. The summed E-state index contributed by atoms with van der Waals surface area (Å²) in [7, 11) is 0. The van der Waals surface area contributed by atoms with Crippen molar-refractivity contribution in [3.63, 3.8) is 0 Å². The first-order valence-electron chi connectivity index (χ1n) is 11.0. The summed E-state index contributed by atoms with van der Waals surface area (Å²) in [5.74, 6) is 6.32. The maximum atomic E-state index is 10.1. The maximum absolute atomic E-state index is 10.1. The van der Waals surface area contributed by atoms with Crippen molar-refractivity contribution in [1.82, 2.24) is 15.2 Å². The van der Waals surface area contributed by atoms with Crippen LogP contribution in [0, 0.1) is 11.8 Å². The van der Waals surface area contributed by atoms with Gasteiger partial charge in [0, 0.05) is 32.3 Å². The summed E-state index contributed by atoms with van der Waals surface area (Å²) >= 11 is 3.80. The highest BCUT2D eigenvalue weighted by Crippen LogP contribution is 2.24. The number of carbonyl (C=O) groups excluding carboxylic acids is 1. The Morgan fingerprint density at radius 3 is 2.50 bits per heavy atom. The lowest BCUT2D eigenvalue weighted by atomic mass is 10.1. The maximum Gasteiger partial charge on any atom is 0.234 e. The average Bonchev–Trinajstić information content (AvgIpc) is 3.00. The van der Waals surface area contributed by atoms with E-state index in [1.807, 2.05) is 11.6 Å². The summed E-state index contributed by atoms with van der Waals surface area (Å²) in [6.07, 6.45) is 7.92. The van der Waals surface area contributed by atoms with E-state index in [9.17, 15) is 4.79 Å². The van der Waals surface area contributed by atoms with Crippen molar-refractivity contribution in [1.29, 1.82) is 0 Å². The number of anilines is 1. The van der Waals surface area contributed by atoms with Gasteiger partial charge in [0.1, 0.15) is 5.69 Å². The Bertz CT molecular complexity index is 645. The highest BCUT2D eigenvalue weighted by molar-refractivity contribution is 7.80. The highest BCUT2D eigenvalue weighted by Gasteiger charge is 2.22. The molecule has 2 rings (SSSR count). The topological polar surface area (TPSA) is 115 Å². The first kappa shape index (κ1) is 26.5. The SMILES string of the molecule is CC(C)CN1C[C@H](CCCCN)N=Cc2nn(CC(C)C)cc21.NNC(=O)CCS. The van der Waals surface area contributed by atoms with E-state index >= 15 is 0 Å². The Balaban J connectivity index is 0.000000553. The van der Waals surface area contributed by atoms with Crippen LogP contribution < -0.4 is 21.9 Å². The molecule has 0 unspecified atom stereocenters. The van der Waals surface area contributed by atoms with Crippen LogP contribution in [0.3, 0.4) is 0 Å². The number of hydrazine groups is 1. The van der Waals surface area contributed by atoms with Crippen molar-refractivity contribution in [3.8, 4) is 0 Å². The Morgan fingerprint density at radius 2 is 1.97 bits per heavy atom. The number of nitrogens with zero attached hydrogens (tertiary/aromatic N) is 4. The van der Waals surface area contributed by atoms with E-state index < -0.39 is 0 Å². The van der Waals surface area contributed by atoms with Crippen LogP contribution in [0.2, 0.25) is 0 Å². The molecule has 0 saturated heterocycles. The summed E-state index contributed by atoms with van der Waals surface area (Å²) < 4.78 is 2.07. The Labute approximate surface area is 187 Å². The minimum Gasteiger partial charge on any atom is -0.366 e. The van der Waals surface area contributed by atoms with Gasteiger partial charge in [0.05, 0.1) is 17.9 Å². The molecule has 0 aromatic carbocycles. The van der Waals surface area contributed by atoms with Crippen LogP contribution in [0.1, 0.15) is 59.1 Å². The Morgan fingerprint density at radius 1 is 1.27 bits per heavy atom.